The van der Waals surface area contributed by atoms with Gasteiger partial charge in [-0.1, -0.05) is 24.3 Å². The van der Waals surface area contributed by atoms with Crippen molar-refractivity contribution in [2.75, 3.05) is 5.32 Å². The molecule has 8 nitrogen and oxygen atoms in total. The molecule has 0 saturated heterocycles. The first-order chi connectivity index (χ1) is 20.4. The zero-order valence-corrected chi connectivity index (χ0v) is 23.8. The number of hydrogen-bond acceptors (Lipinski definition) is 5. The molecule has 0 unspecified atom stereocenters. The Morgan fingerprint density at radius 3 is 1.84 bits per heavy atom. The fourth-order valence-electron chi connectivity index (χ4n) is 5.26. The van der Waals surface area contributed by atoms with Crippen LogP contribution in [0.5, 0.6) is 5.75 Å². The van der Waals surface area contributed by atoms with E-state index in [0.717, 1.165) is 0 Å². The standard InChI is InChI=1S/C33H34F2N2O6.Na.H/c1-19(2)37-28(16-15-26(39)17-27(40)18-29(41)42)30(20-3-7-22(34)8-4-20)31(21-5-9-23(35)10-6-21)32(37)33(43)36-24-11-13-25(38)14-12-24;;/h3-14,19,26-27,38-40H,15-18H2,1-2H3,(H,36,43)(H,41,42);;/t26-,27-;;/m1../s1. The molecule has 4 aromatic rings. The molecule has 4 rings (SSSR count). The second-order valence-electron chi connectivity index (χ2n) is 10.7. The van der Waals surface area contributed by atoms with Gasteiger partial charge in [0, 0.05) is 28.6 Å². The predicted molar refractivity (Wildman–Crippen MR) is 166 cm³/mol. The van der Waals surface area contributed by atoms with Crippen LogP contribution in [-0.4, -0.2) is 78.6 Å². The van der Waals surface area contributed by atoms with Gasteiger partial charge in [0.2, 0.25) is 0 Å². The second-order valence-corrected chi connectivity index (χ2v) is 10.7. The van der Waals surface area contributed by atoms with Gasteiger partial charge in [-0.3, -0.25) is 9.59 Å². The first-order valence-electron chi connectivity index (χ1n) is 13.9. The number of nitrogens with one attached hydrogen (secondary N) is 1. The zero-order valence-electron chi connectivity index (χ0n) is 23.8. The Morgan fingerprint density at radius 1 is 0.818 bits per heavy atom. The van der Waals surface area contributed by atoms with Crippen molar-refractivity contribution < 1.29 is 38.8 Å². The van der Waals surface area contributed by atoms with Gasteiger partial charge in [0.15, 0.2) is 0 Å². The number of carboxylic acids is 1. The Bertz CT molecular complexity index is 1570. The third-order valence-corrected chi connectivity index (χ3v) is 7.10. The first kappa shape index (κ1) is 34.9. The summed E-state index contributed by atoms with van der Waals surface area (Å²) < 4.78 is 29.9. The molecule has 0 bridgehead atoms. The van der Waals surface area contributed by atoms with Crippen LogP contribution in [0, 0.1) is 11.6 Å². The molecule has 0 radical (unpaired) electrons. The number of carbonyl (C=O) groups is 2. The van der Waals surface area contributed by atoms with Gasteiger partial charge < -0.3 is 30.3 Å². The van der Waals surface area contributed by atoms with Crippen LogP contribution in [0.2, 0.25) is 0 Å². The summed E-state index contributed by atoms with van der Waals surface area (Å²) in [6.45, 7) is 3.77. The molecule has 3 aromatic carbocycles. The molecule has 1 amide bonds. The number of hydrogen-bond donors (Lipinski definition) is 5. The Kier molecular flexibility index (Phi) is 12.3. The minimum absolute atomic E-state index is 0. The van der Waals surface area contributed by atoms with Gasteiger partial charge in [0.25, 0.3) is 5.91 Å². The normalized spacial score (nSPS) is 12.4. The molecule has 5 N–H and O–H groups in total. The Balaban J connectivity index is 0.00000529. The second kappa shape index (κ2) is 15.5. The van der Waals surface area contributed by atoms with E-state index in [-0.39, 0.29) is 66.3 Å². The maximum absolute atomic E-state index is 14.1. The number of aromatic nitrogens is 1. The number of rotatable bonds is 12. The molecule has 1 aromatic heterocycles. The molecule has 0 fully saturated rings. The quantitative estimate of drug-likeness (QED) is 0.105. The topological polar surface area (TPSA) is 132 Å². The number of aliphatic hydroxyl groups excluding tert-OH is 2. The Labute approximate surface area is 276 Å². The summed E-state index contributed by atoms with van der Waals surface area (Å²) in [4.78, 5) is 25.0. The van der Waals surface area contributed by atoms with Crippen LogP contribution in [0.4, 0.5) is 14.5 Å². The summed E-state index contributed by atoms with van der Waals surface area (Å²) in [5.74, 6) is -2.55. The molecular weight excluding hydrogens is 581 g/mol. The van der Waals surface area contributed by atoms with Crippen molar-refractivity contribution in [2.45, 2.75) is 57.8 Å². The van der Waals surface area contributed by atoms with Crippen molar-refractivity contribution in [1.29, 1.82) is 0 Å². The van der Waals surface area contributed by atoms with Crippen molar-refractivity contribution in [1.82, 2.24) is 4.57 Å². The van der Waals surface area contributed by atoms with Crippen LogP contribution < -0.4 is 5.32 Å². The van der Waals surface area contributed by atoms with E-state index in [1.165, 1.54) is 36.4 Å². The van der Waals surface area contributed by atoms with Crippen molar-refractivity contribution in [2.24, 2.45) is 0 Å². The molecule has 0 aliphatic carbocycles. The molecule has 2 atom stereocenters. The Morgan fingerprint density at radius 2 is 1.34 bits per heavy atom. The Hall–Kier alpha value is -3.54. The van der Waals surface area contributed by atoms with E-state index >= 15 is 0 Å². The summed E-state index contributed by atoms with van der Waals surface area (Å²) in [5, 5.41) is 42.3. The number of carboxylic acid groups (broad SMARTS) is 1. The number of anilines is 1. The van der Waals surface area contributed by atoms with Crippen molar-refractivity contribution in [3.05, 3.63) is 95.8 Å². The van der Waals surface area contributed by atoms with Gasteiger partial charge in [0.1, 0.15) is 23.1 Å². The van der Waals surface area contributed by atoms with Crippen molar-refractivity contribution >= 4 is 47.1 Å². The SMILES string of the molecule is CC(C)n1c(CC[C@@H](O)C[C@@H](O)CC(=O)O)c(-c2ccc(F)cc2)c(-c2ccc(F)cc2)c1C(=O)Nc1ccc(O)cc1.[NaH]. The third kappa shape index (κ3) is 8.55. The molecule has 1 heterocycles. The van der Waals surface area contributed by atoms with E-state index in [1.807, 2.05) is 18.4 Å². The van der Waals surface area contributed by atoms with Gasteiger partial charge in [-0.05, 0) is 92.8 Å². The molecule has 228 valence electrons. The summed E-state index contributed by atoms with van der Waals surface area (Å²) >= 11 is 0. The summed E-state index contributed by atoms with van der Waals surface area (Å²) in [6.07, 6.45) is -2.59. The third-order valence-electron chi connectivity index (χ3n) is 7.10. The number of carbonyl (C=O) groups excluding carboxylic acids is 1. The van der Waals surface area contributed by atoms with Crippen LogP contribution in [0.15, 0.2) is 72.8 Å². The summed E-state index contributed by atoms with van der Waals surface area (Å²) in [5.41, 5.74) is 3.52. The fraction of sp³-hybridized carbons (Fsp3) is 0.273. The summed E-state index contributed by atoms with van der Waals surface area (Å²) in [6, 6.07) is 17.1. The minimum atomic E-state index is -1.23. The number of phenols is 1. The number of aromatic hydroxyl groups is 1. The summed E-state index contributed by atoms with van der Waals surface area (Å²) in [7, 11) is 0. The van der Waals surface area contributed by atoms with Gasteiger partial charge in [-0.25, -0.2) is 8.78 Å². The van der Waals surface area contributed by atoms with Crippen LogP contribution in [0.25, 0.3) is 22.3 Å². The van der Waals surface area contributed by atoms with E-state index < -0.39 is 42.1 Å². The van der Waals surface area contributed by atoms with E-state index in [0.29, 0.717) is 33.6 Å². The number of benzene rings is 3. The van der Waals surface area contributed by atoms with Crippen molar-refractivity contribution in [3.8, 4) is 28.0 Å². The zero-order chi connectivity index (χ0) is 31.3. The average Bonchev–Trinajstić information content (AvgIpc) is 3.29. The van der Waals surface area contributed by atoms with E-state index in [9.17, 15) is 33.7 Å². The number of aliphatic carboxylic acids is 1. The van der Waals surface area contributed by atoms with Gasteiger partial charge >= 0.3 is 35.5 Å². The average molecular weight is 617 g/mol. The van der Waals surface area contributed by atoms with E-state index in [4.69, 9.17) is 5.11 Å². The van der Waals surface area contributed by atoms with Gasteiger partial charge in [-0.15, -0.1) is 0 Å². The molecule has 0 saturated carbocycles. The number of aliphatic hydroxyl groups is 2. The number of halogens is 2. The molecule has 0 spiro atoms. The first-order valence-corrected chi connectivity index (χ1v) is 13.9. The van der Waals surface area contributed by atoms with Crippen LogP contribution >= 0.6 is 0 Å². The van der Waals surface area contributed by atoms with E-state index in [2.05, 4.69) is 5.32 Å². The predicted octanol–water partition coefficient (Wildman–Crippen LogP) is 5.51. The molecule has 44 heavy (non-hydrogen) atoms. The molecule has 0 aliphatic heterocycles. The fourth-order valence-corrected chi connectivity index (χ4v) is 5.26. The number of amides is 1. The monoisotopic (exact) mass is 616 g/mol. The van der Waals surface area contributed by atoms with E-state index in [1.54, 1.807) is 36.4 Å². The van der Waals surface area contributed by atoms with Crippen LogP contribution in [-0.2, 0) is 11.2 Å². The molecular formula is C33H35F2N2NaO6. The van der Waals surface area contributed by atoms with Crippen LogP contribution in [0.3, 0.4) is 0 Å². The number of phenolic OH excluding ortho intramolecular Hbond substituents is 1. The maximum atomic E-state index is 14.1. The van der Waals surface area contributed by atoms with Crippen molar-refractivity contribution in [3.63, 3.8) is 0 Å². The van der Waals surface area contributed by atoms with Gasteiger partial charge in [0.05, 0.1) is 18.6 Å². The number of nitrogens with zero attached hydrogens (tertiary/aromatic N) is 1. The molecule has 11 heteroatoms. The van der Waals surface area contributed by atoms with Crippen LogP contribution in [0.1, 0.15) is 55.3 Å². The molecule has 0 aliphatic rings. The van der Waals surface area contributed by atoms with Gasteiger partial charge in [-0.2, -0.15) is 0 Å².